The van der Waals surface area contributed by atoms with Crippen molar-refractivity contribution >= 4 is 5.71 Å². The molecule has 0 atom stereocenters. The van der Waals surface area contributed by atoms with Crippen molar-refractivity contribution in [2.75, 3.05) is 6.61 Å². The lowest BCUT2D eigenvalue weighted by molar-refractivity contribution is 0.304. The van der Waals surface area contributed by atoms with E-state index in [0.717, 1.165) is 24.3 Å². The van der Waals surface area contributed by atoms with E-state index in [9.17, 15) is 0 Å². The molecule has 0 aliphatic heterocycles. The molecule has 0 fully saturated rings. The standard InChI is InChI=1S/C15H23NO2/c1-3-4-5-6-7-11-18-15-10-8-9-14(12-15)13(2)16-17/h8-10,12,17H,3-7,11H2,1-2H3/b16-13+. The summed E-state index contributed by atoms with van der Waals surface area (Å²) < 4.78 is 5.68. The third-order valence-corrected chi connectivity index (χ3v) is 2.92. The van der Waals surface area contributed by atoms with Crippen LogP contribution in [-0.4, -0.2) is 17.5 Å². The summed E-state index contributed by atoms with van der Waals surface area (Å²) in [5, 5.41) is 11.9. The number of benzene rings is 1. The van der Waals surface area contributed by atoms with Gasteiger partial charge in [0.1, 0.15) is 5.75 Å². The molecule has 0 unspecified atom stereocenters. The first-order chi connectivity index (χ1) is 8.77. The zero-order chi connectivity index (χ0) is 13.2. The van der Waals surface area contributed by atoms with Crippen LogP contribution in [0.2, 0.25) is 0 Å². The van der Waals surface area contributed by atoms with E-state index in [1.165, 1.54) is 25.7 Å². The molecule has 0 aromatic heterocycles. The molecular weight excluding hydrogens is 226 g/mol. The molecule has 0 bridgehead atoms. The second-order valence-electron chi connectivity index (χ2n) is 4.48. The van der Waals surface area contributed by atoms with Gasteiger partial charge in [0.2, 0.25) is 0 Å². The Morgan fingerprint density at radius 2 is 2.00 bits per heavy atom. The SMILES string of the molecule is CCCCCCCOc1cccc(/C(C)=N/O)c1. The van der Waals surface area contributed by atoms with Gasteiger partial charge in [-0.15, -0.1) is 0 Å². The number of hydrogen-bond donors (Lipinski definition) is 1. The maximum absolute atomic E-state index is 8.72. The summed E-state index contributed by atoms with van der Waals surface area (Å²) in [4.78, 5) is 0. The second-order valence-corrected chi connectivity index (χ2v) is 4.48. The Balaban J connectivity index is 2.34. The van der Waals surface area contributed by atoms with Gasteiger partial charge in [-0.05, 0) is 25.5 Å². The Labute approximate surface area is 109 Å². The molecule has 1 rings (SSSR count). The molecule has 1 N–H and O–H groups in total. The highest BCUT2D eigenvalue weighted by Gasteiger charge is 2.00. The van der Waals surface area contributed by atoms with Crippen LogP contribution in [0.5, 0.6) is 5.75 Å². The van der Waals surface area contributed by atoms with E-state index >= 15 is 0 Å². The molecule has 0 saturated heterocycles. The topological polar surface area (TPSA) is 41.8 Å². The molecule has 1 aromatic carbocycles. The minimum absolute atomic E-state index is 0.600. The fraction of sp³-hybridized carbons (Fsp3) is 0.533. The van der Waals surface area contributed by atoms with Crippen LogP contribution >= 0.6 is 0 Å². The van der Waals surface area contributed by atoms with Crippen LogP contribution in [-0.2, 0) is 0 Å². The van der Waals surface area contributed by atoms with Crippen molar-refractivity contribution in [2.24, 2.45) is 5.16 Å². The van der Waals surface area contributed by atoms with E-state index in [1.54, 1.807) is 6.92 Å². The number of oxime groups is 1. The largest absolute Gasteiger partial charge is 0.494 e. The average molecular weight is 249 g/mol. The quantitative estimate of drug-likeness (QED) is 0.324. The van der Waals surface area contributed by atoms with Crippen molar-refractivity contribution in [3.05, 3.63) is 29.8 Å². The molecule has 3 heteroatoms. The third-order valence-electron chi connectivity index (χ3n) is 2.92. The van der Waals surface area contributed by atoms with E-state index in [4.69, 9.17) is 9.94 Å². The van der Waals surface area contributed by atoms with Crippen molar-refractivity contribution in [1.82, 2.24) is 0 Å². The van der Waals surface area contributed by atoms with E-state index in [1.807, 2.05) is 24.3 Å². The van der Waals surface area contributed by atoms with E-state index in [0.29, 0.717) is 5.71 Å². The first kappa shape index (κ1) is 14.6. The Morgan fingerprint density at radius 1 is 1.22 bits per heavy atom. The maximum Gasteiger partial charge on any atom is 0.119 e. The van der Waals surface area contributed by atoms with Gasteiger partial charge in [0.25, 0.3) is 0 Å². The lowest BCUT2D eigenvalue weighted by Gasteiger charge is -2.07. The molecule has 1 aromatic rings. The summed E-state index contributed by atoms with van der Waals surface area (Å²) in [5.74, 6) is 0.839. The lowest BCUT2D eigenvalue weighted by Crippen LogP contribution is -1.99. The fourth-order valence-electron chi connectivity index (χ4n) is 1.76. The van der Waals surface area contributed by atoms with Crippen molar-refractivity contribution in [1.29, 1.82) is 0 Å². The Kier molecular flexibility index (Phi) is 6.92. The van der Waals surface area contributed by atoms with Crippen molar-refractivity contribution < 1.29 is 9.94 Å². The molecule has 0 saturated carbocycles. The lowest BCUT2D eigenvalue weighted by atomic mass is 10.1. The molecule has 0 spiro atoms. The molecule has 0 heterocycles. The van der Waals surface area contributed by atoms with Gasteiger partial charge in [0, 0.05) is 5.56 Å². The highest BCUT2D eigenvalue weighted by Crippen LogP contribution is 2.15. The molecule has 0 radical (unpaired) electrons. The molecule has 0 amide bonds. The van der Waals surface area contributed by atoms with E-state index < -0.39 is 0 Å². The number of hydrogen-bond acceptors (Lipinski definition) is 3. The van der Waals surface area contributed by atoms with Crippen LogP contribution in [0.1, 0.15) is 51.5 Å². The maximum atomic E-state index is 8.72. The summed E-state index contributed by atoms with van der Waals surface area (Å²) >= 11 is 0. The van der Waals surface area contributed by atoms with Crippen LogP contribution < -0.4 is 4.74 Å². The monoisotopic (exact) mass is 249 g/mol. The van der Waals surface area contributed by atoms with Crippen LogP contribution in [0.25, 0.3) is 0 Å². The van der Waals surface area contributed by atoms with Crippen LogP contribution in [0.4, 0.5) is 0 Å². The van der Waals surface area contributed by atoms with Crippen LogP contribution in [0, 0.1) is 0 Å². The van der Waals surface area contributed by atoms with Crippen molar-refractivity contribution in [3.63, 3.8) is 0 Å². The Morgan fingerprint density at radius 3 is 2.72 bits per heavy atom. The van der Waals surface area contributed by atoms with Crippen molar-refractivity contribution in [3.8, 4) is 5.75 Å². The van der Waals surface area contributed by atoms with Gasteiger partial charge in [-0.2, -0.15) is 0 Å². The highest BCUT2D eigenvalue weighted by atomic mass is 16.5. The van der Waals surface area contributed by atoms with Gasteiger partial charge in [-0.1, -0.05) is 49.9 Å². The zero-order valence-corrected chi connectivity index (χ0v) is 11.4. The summed E-state index contributed by atoms with van der Waals surface area (Å²) in [5.41, 5.74) is 1.49. The Bertz CT molecular complexity index is 375. The normalized spacial score (nSPS) is 11.6. The molecule has 3 nitrogen and oxygen atoms in total. The van der Waals surface area contributed by atoms with Gasteiger partial charge in [-0.3, -0.25) is 0 Å². The second kappa shape index (κ2) is 8.56. The summed E-state index contributed by atoms with van der Waals surface area (Å²) in [6, 6.07) is 7.65. The molecule has 0 aliphatic carbocycles. The van der Waals surface area contributed by atoms with E-state index in [-0.39, 0.29) is 0 Å². The van der Waals surface area contributed by atoms with Gasteiger partial charge < -0.3 is 9.94 Å². The Hall–Kier alpha value is -1.51. The van der Waals surface area contributed by atoms with Crippen molar-refractivity contribution in [2.45, 2.75) is 46.0 Å². The number of ether oxygens (including phenoxy) is 1. The van der Waals surface area contributed by atoms with E-state index in [2.05, 4.69) is 12.1 Å². The predicted molar refractivity (Wildman–Crippen MR) is 74.7 cm³/mol. The molecule has 0 aliphatic rings. The minimum Gasteiger partial charge on any atom is -0.494 e. The first-order valence-electron chi connectivity index (χ1n) is 6.69. The van der Waals surface area contributed by atoms with Crippen LogP contribution in [0.3, 0.4) is 0 Å². The first-order valence-corrected chi connectivity index (χ1v) is 6.69. The van der Waals surface area contributed by atoms with Gasteiger partial charge >= 0.3 is 0 Å². The number of nitrogens with zero attached hydrogens (tertiary/aromatic N) is 1. The highest BCUT2D eigenvalue weighted by molar-refractivity contribution is 5.98. The predicted octanol–water partition coefficient (Wildman–Crippen LogP) is 4.23. The third kappa shape index (κ3) is 5.21. The van der Waals surface area contributed by atoms with Gasteiger partial charge in [0.05, 0.1) is 12.3 Å². The van der Waals surface area contributed by atoms with Crippen LogP contribution in [0.15, 0.2) is 29.4 Å². The zero-order valence-electron chi connectivity index (χ0n) is 11.4. The number of rotatable bonds is 8. The number of unbranched alkanes of at least 4 members (excludes halogenated alkanes) is 4. The minimum atomic E-state index is 0.600. The molecular formula is C15H23NO2. The summed E-state index contributed by atoms with van der Waals surface area (Å²) in [6.45, 7) is 4.74. The average Bonchev–Trinajstić information content (AvgIpc) is 2.42. The van der Waals surface area contributed by atoms with Gasteiger partial charge in [-0.25, -0.2) is 0 Å². The summed E-state index contributed by atoms with van der Waals surface area (Å²) in [7, 11) is 0. The smallest absolute Gasteiger partial charge is 0.119 e. The fourth-order valence-corrected chi connectivity index (χ4v) is 1.76. The molecule has 18 heavy (non-hydrogen) atoms. The molecule has 100 valence electrons. The van der Waals surface area contributed by atoms with Gasteiger partial charge in [0.15, 0.2) is 0 Å². The summed E-state index contributed by atoms with van der Waals surface area (Å²) in [6.07, 6.45) is 6.18.